The summed E-state index contributed by atoms with van der Waals surface area (Å²) in [6.07, 6.45) is 11.0. The van der Waals surface area contributed by atoms with Gasteiger partial charge in [0.15, 0.2) is 11.4 Å². The summed E-state index contributed by atoms with van der Waals surface area (Å²) in [4.78, 5) is 2.42. The van der Waals surface area contributed by atoms with Gasteiger partial charge >= 0.3 is 0 Å². The number of rotatable bonds is 9. The van der Waals surface area contributed by atoms with Crippen molar-refractivity contribution in [1.29, 1.82) is 0 Å². The van der Waals surface area contributed by atoms with Crippen molar-refractivity contribution in [2.45, 2.75) is 25.9 Å². The topological polar surface area (TPSA) is 47.8 Å². The molecule has 3 N–H and O–H groups in total. The maximum absolute atomic E-state index is 5.86. The van der Waals surface area contributed by atoms with Crippen LogP contribution in [0.15, 0.2) is 97.6 Å². The first-order chi connectivity index (χ1) is 20.2. The fourth-order valence-corrected chi connectivity index (χ4v) is 7.94. The molecule has 0 spiro atoms. The van der Waals surface area contributed by atoms with Crippen molar-refractivity contribution in [3.05, 3.63) is 109 Å². The predicted octanol–water partition coefficient (Wildman–Crippen LogP) is 5.28. The van der Waals surface area contributed by atoms with Crippen molar-refractivity contribution < 1.29 is 0 Å². The van der Waals surface area contributed by atoms with E-state index in [0.717, 1.165) is 74.6 Å². The summed E-state index contributed by atoms with van der Waals surface area (Å²) in [5, 5.41) is 14.1. The smallest absolute Gasteiger partial charge is 0.166 e. The molecule has 0 fully saturated rings. The molecule has 208 valence electrons. The zero-order valence-corrected chi connectivity index (χ0v) is 23.6. The van der Waals surface area contributed by atoms with Crippen molar-refractivity contribution in [2.75, 3.05) is 39.5 Å². The SMILES string of the molecule is NCCCN1C=CN([N+]2(CCC[N+]3(N4C=CNC4)Cc4cccc5cccc3c45)Cc3cccc4cccc2c34)C1. The molecule has 7 nitrogen and oxygen atoms in total. The largest absolute Gasteiger partial charge is 0.368 e. The minimum Gasteiger partial charge on any atom is -0.368 e. The Morgan fingerprint density at radius 3 is 1.88 bits per heavy atom. The molecule has 4 aromatic rings. The van der Waals surface area contributed by atoms with Crippen LogP contribution in [0.4, 0.5) is 11.4 Å². The first kappa shape index (κ1) is 24.7. The lowest BCUT2D eigenvalue weighted by atomic mass is 10.1. The molecular formula is C34H39N7+2. The van der Waals surface area contributed by atoms with Crippen LogP contribution in [0, 0.1) is 0 Å². The van der Waals surface area contributed by atoms with E-state index in [2.05, 4.69) is 118 Å². The molecule has 7 heteroatoms. The van der Waals surface area contributed by atoms with E-state index in [1.54, 1.807) is 0 Å². The number of nitrogens with one attached hydrogen (secondary N) is 1. The van der Waals surface area contributed by atoms with Gasteiger partial charge in [-0.05, 0) is 23.7 Å². The van der Waals surface area contributed by atoms with Crippen LogP contribution in [0.1, 0.15) is 24.0 Å². The second-order valence-electron chi connectivity index (χ2n) is 12.0. The predicted molar refractivity (Wildman–Crippen MR) is 168 cm³/mol. The molecule has 0 amide bonds. The fraction of sp³-hybridized carbons (Fsp3) is 0.294. The molecule has 2 atom stereocenters. The van der Waals surface area contributed by atoms with E-state index < -0.39 is 0 Å². The molecule has 4 aliphatic rings. The van der Waals surface area contributed by atoms with Crippen LogP contribution < -0.4 is 20.2 Å². The number of benzene rings is 4. The van der Waals surface area contributed by atoms with Gasteiger partial charge in [0.1, 0.15) is 39.5 Å². The Hall–Kier alpha value is -4.04. The van der Waals surface area contributed by atoms with Gasteiger partial charge in [0.05, 0.1) is 29.6 Å². The Bertz CT molecular complexity index is 1690. The van der Waals surface area contributed by atoms with Gasteiger partial charge in [-0.2, -0.15) is 9.18 Å². The molecule has 0 aliphatic carbocycles. The zero-order valence-electron chi connectivity index (χ0n) is 23.6. The van der Waals surface area contributed by atoms with Crippen LogP contribution in [-0.2, 0) is 13.1 Å². The van der Waals surface area contributed by atoms with Crippen molar-refractivity contribution >= 4 is 32.9 Å². The van der Waals surface area contributed by atoms with Crippen LogP contribution in [0.2, 0.25) is 0 Å². The average molecular weight is 546 g/mol. The highest BCUT2D eigenvalue weighted by Crippen LogP contribution is 2.47. The summed E-state index contributed by atoms with van der Waals surface area (Å²) in [5.74, 6) is 0. The lowest BCUT2D eigenvalue weighted by Crippen LogP contribution is -2.61. The summed E-state index contributed by atoms with van der Waals surface area (Å²) in [6.45, 7) is 7.53. The minimum atomic E-state index is 0.726. The van der Waals surface area contributed by atoms with Crippen LogP contribution in [0.3, 0.4) is 0 Å². The van der Waals surface area contributed by atoms with E-state index in [0.29, 0.717) is 0 Å². The molecule has 2 unspecified atom stereocenters. The standard InChI is InChI=1S/C34H39N7/c35-15-5-17-37-19-20-39(26-37)41(24-30-12-2-8-28-10-4-14-32(41)34(28)30)22-6-21-40(38-18-16-36-25-38)23-29-11-1-7-27-9-3-13-31(40)33(27)29/h1-4,7-14,16,18-20,36H,5-6,15,17,21-26,35H2/q+2. The summed E-state index contributed by atoms with van der Waals surface area (Å²) in [5.41, 5.74) is 11.6. The van der Waals surface area contributed by atoms with Crippen molar-refractivity contribution in [3.8, 4) is 0 Å². The minimum absolute atomic E-state index is 0.726. The van der Waals surface area contributed by atoms with Gasteiger partial charge in [-0.15, -0.1) is 0 Å². The Morgan fingerprint density at radius 2 is 1.29 bits per heavy atom. The zero-order chi connectivity index (χ0) is 27.4. The van der Waals surface area contributed by atoms with E-state index in [4.69, 9.17) is 5.73 Å². The van der Waals surface area contributed by atoms with Gasteiger partial charge in [-0.3, -0.25) is 0 Å². The molecule has 0 saturated carbocycles. The fourth-order valence-electron chi connectivity index (χ4n) is 7.94. The summed E-state index contributed by atoms with van der Waals surface area (Å²) >= 11 is 0. The normalized spacial score (nSPS) is 24.0. The van der Waals surface area contributed by atoms with Crippen molar-refractivity contribution in [3.63, 3.8) is 0 Å². The average Bonchev–Trinajstić information content (AvgIpc) is 3.81. The monoisotopic (exact) mass is 545 g/mol. The first-order valence-corrected chi connectivity index (χ1v) is 15.1. The molecular weight excluding hydrogens is 506 g/mol. The molecule has 0 bridgehead atoms. The van der Waals surface area contributed by atoms with Crippen LogP contribution in [-0.4, -0.2) is 54.4 Å². The third-order valence-electron chi connectivity index (χ3n) is 9.78. The van der Waals surface area contributed by atoms with Gasteiger partial charge < -0.3 is 16.0 Å². The van der Waals surface area contributed by atoms with Gasteiger partial charge in [-0.1, -0.05) is 60.7 Å². The third-order valence-corrected chi connectivity index (χ3v) is 9.78. The van der Waals surface area contributed by atoms with Gasteiger partial charge in [0.2, 0.25) is 0 Å². The highest BCUT2D eigenvalue weighted by atomic mass is 15.8. The van der Waals surface area contributed by atoms with Crippen LogP contribution >= 0.6 is 0 Å². The molecule has 4 aliphatic heterocycles. The highest BCUT2D eigenvalue weighted by Gasteiger charge is 2.48. The highest BCUT2D eigenvalue weighted by molar-refractivity contribution is 5.99. The Balaban J connectivity index is 1.15. The van der Waals surface area contributed by atoms with Crippen molar-refractivity contribution in [2.24, 2.45) is 5.73 Å². The third kappa shape index (κ3) is 3.69. The van der Waals surface area contributed by atoms with E-state index >= 15 is 0 Å². The molecule has 8 rings (SSSR count). The summed E-state index contributed by atoms with van der Waals surface area (Å²) < 4.78 is 1.69. The second-order valence-corrected chi connectivity index (χ2v) is 12.0. The van der Waals surface area contributed by atoms with Gasteiger partial charge in [0, 0.05) is 42.2 Å². The molecule has 4 aromatic carbocycles. The van der Waals surface area contributed by atoms with E-state index in [1.807, 2.05) is 0 Å². The molecule has 0 saturated heterocycles. The summed E-state index contributed by atoms with van der Waals surface area (Å²) in [7, 11) is 0. The van der Waals surface area contributed by atoms with Gasteiger partial charge in [-0.25, -0.2) is 10.0 Å². The Labute approximate surface area is 242 Å². The van der Waals surface area contributed by atoms with Crippen molar-refractivity contribution in [1.82, 2.24) is 29.4 Å². The number of hydrogen-bond donors (Lipinski definition) is 2. The number of nitrogens with zero attached hydrogens (tertiary/aromatic N) is 5. The molecule has 41 heavy (non-hydrogen) atoms. The number of hydrogen-bond acceptors (Lipinski definition) is 5. The van der Waals surface area contributed by atoms with Crippen LogP contribution in [0.5, 0.6) is 0 Å². The molecule has 0 aromatic heterocycles. The molecule has 0 radical (unpaired) electrons. The van der Waals surface area contributed by atoms with Gasteiger partial charge in [0.25, 0.3) is 0 Å². The maximum Gasteiger partial charge on any atom is 0.166 e. The van der Waals surface area contributed by atoms with Crippen LogP contribution in [0.25, 0.3) is 21.5 Å². The second kappa shape index (κ2) is 9.52. The Kier molecular flexibility index (Phi) is 5.74. The van der Waals surface area contributed by atoms with E-state index in [-0.39, 0.29) is 0 Å². The quantitative estimate of drug-likeness (QED) is 0.280. The van der Waals surface area contributed by atoms with E-state index in [1.165, 1.54) is 44.0 Å². The lowest BCUT2D eigenvalue weighted by molar-refractivity contribution is -0.00685. The Morgan fingerprint density at radius 1 is 0.683 bits per heavy atom. The first-order valence-electron chi connectivity index (χ1n) is 15.1. The molecule has 4 heterocycles. The number of quaternary nitrogens is 2. The summed E-state index contributed by atoms with van der Waals surface area (Å²) in [6, 6.07) is 27.4. The van der Waals surface area contributed by atoms with E-state index in [9.17, 15) is 0 Å². The lowest BCUT2D eigenvalue weighted by Gasteiger charge is -2.44. The maximum atomic E-state index is 5.86. The number of nitrogens with two attached hydrogens (primary N) is 1.